The third kappa shape index (κ3) is 49.9. The molecule has 0 aliphatic heterocycles. The lowest BCUT2D eigenvalue weighted by Gasteiger charge is -2.09. The van der Waals surface area contributed by atoms with Crippen molar-refractivity contribution in [3.05, 3.63) is 0 Å². The second kappa shape index (κ2) is 51.8. The molecule has 0 aliphatic carbocycles. The van der Waals surface area contributed by atoms with E-state index in [2.05, 4.69) is 13.8 Å². The predicted molar refractivity (Wildman–Crippen MR) is 258 cm³/mol. The summed E-state index contributed by atoms with van der Waals surface area (Å²) >= 11 is 0. The maximum Gasteiger partial charge on any atom is 0.161 e. The normalized spacial score (nSPS) is 12.2. The molecule has 57 heavy (non-hydrogen) atoms. The second-order valence-electron chi connectivity index (χ2n) is 19.1. The zero-order chi connectivity index (χ0) is 41.2. The first-order valence-corrected chi connectivity index (χ1v) is 27.4. The Morgan fingerprint density at radius 3 is 0.614 bits per heavy atom. The molecule has 0 fully saturated rings. The molecule has 0 spiro atoms. The molecule has 0 aliphatic rings. The van der Waals surface area contributed by atoms with Crippen LogP contribution < -0.4 is 0 Å². The first-order chi connectivity index (χ1) is 28.2. The second-order valence-corrected chi connectivity index (χ2v) is 19.1. The van der Waals surface area contributed by atoms with Crippen molar-refractivity contribution >= 4 is 5.78 Å². The van der Waals surface area contributed by atoms with Gasteiger partial charge in [0.2, 0.25) is 0 Å². The highest BCUT2D eigenvalue weighted by Crippen LogP contribution is 2.19. The van der Waals surface area contributed by atoms with E-state index in [9.17, 15) is 9.90 Å². The Morgan fingerprint density at radius 2 is 0.421 bits per heavy atom. The van der Waals surface area contributed by atoms with Gasteiger partial charge < -0.3 is 5.11 Å². The Hall–Kier alpha value is -0.370. The molecule has 2 nitrogen and oxygen atoms in total. The molecule has 0 radical (unpaired) electrons. The van der Waals surface area contributed by atoms with Gasteiger partial charge in [-0.25, -0.2) is 0 Å². The molecule has 0 bridgehead atoms. The van der Waals surface area contributed by atoms with Gasteiger partial charge >= 0.3 is 0 Å². The highest BCUT2D eigenvalue weighted by Gasteiger charge is 2.13. The van der Waals surface area contributed by atoms with Crippen molar-refractivity contribution in [2.75, 3.05) is 0 Å². The molecule has 0 aromatic rings. The van der Waals surface area contributed by atoms with Crippen LogP contribution in [0.2, 0.25) is 0 Å². The molecule has 0 rings (SSSR count). The number of aliphatic hydroxyl groups excluding tert-OH is 1. The Bertz CT molecular complexity index is 717. The summed E-state index contributed by atoms with van der Waals surface area (Å²) in [4.78, 5) is 12.4. The fourth-order valence-corrected chi connectivity index (χ4v) is 9.07. The number of rotatable bonds is 52. The fourth-order valence-electron chi connectivity index (χ4n) is 9.07. The van der Waals surface area contributed by atoms with Crippen LogP contribution in [0.25, 0.3) is 0 Å². The van der Waals surface area contributed by atoms with Crippen molar-refractivity contribution in [3.8, 4) is 0 Å². The quantitative estimate of drug-likeness (QED) is 0.0622. The summed E-state index contributed by atoms with van der Waals surface area (Å²) in [5.74, 6) is 0.0955. The van der Waals surface area contributed by atoms with E-state index in [4.69, 9.17) is 0 Å². The van der Waals surface area contributed by atoms with Gasteiger partial charge in [-0.2, -0.15) is 0 Å². The van der Waals surface area contributed by atoms with Gasteiger partial charge in [0.05, 0.1) is 0 Å². The minimum absolute atomic E-state index is 0.0955. The van der Waals surface area contributed by atoms with E-state index in [1.165, 1.54) is 295 Å². The molecule has 342 valence electrons. The van der Waals surface area contributed by atoms with Crippen molar-refractivity contribution in [2.45, 2.75) is 347 Å². The van der Waals surface area contributed by atoms with Gasteiger partial charge in [0.15, 0.2) is 5.78 Å². The van der Waals surface area contributed by atoms with Crippen LogP contribution in [0.1, 0.15) is 341 Å². The molecular weight excluding hydrogens is 693 g/mol. The standard InChI is InChI=1S/C55H110O2/c1-3-5-7-9-11-13-15-17-19-21-23-25-27-29-31-33-35-37-39-41-43-45-47-49-51-53-55(57)54(56)52-50-48-46-44-42-40-38-36-34-32-30-28-26-24-22-20-18-16-14-12-10-8-6-4-2/h55,57H,3-53H2,1-2H3. The molecule has 2 heteroatoms. The van der Waals surface area contributed by atoms with E-state index in [1.807, 2.05) is 0 Å². The summed E-state index contributed by atoms with van der Waals surface area (Å²) in [5.41, 5.74) is 0. The van der Waals surface area contributed by atoms with Crippen molar-refractivity contribution in [3.63, 3.8) is 0 Å². The van der Waals surface area contributed by atoms with Crippen LogP contribution in [0.5, 0.6) is 0 Å². The van der Waals surface area contributed by atoms with Crippen molar-refractivity contribution in [2.24, 2.45) is 0 Å². The SMILES string of the molecule is CCCCCCCCCCCCCCCCCCCCCCCCCCCC(O)C(=O)CCCCCCCCCCCCCCCCCCCCCCCCCC. The number of hydrogen-bond acceptors (Lipinski definition) is 2. The van der Waals surface area contributed by atoms with Gasteiger partial charge in [-0.1, -0.05) is 322 Å². The first kappa shape index (κ1) is 56.6. The molecular formula is C55H110O2. The van der Waals surface area contributed by atoms with Crippen LogP contribution in [0.3, 0.4) is 0 Å². The van der Waals surface area contributed by atoms with E-state index < -0.39 is 6.10 Å². The van der Waals surface area contributed by atoms with Crippen LogP contribution in [0.4, 0.5) is 0 Å². The maximum atomic E-state index is 12.4. The van der Waals surface area contributed by atoms with Gasteiger partial charge in [0.25, 0.3) is 0 Å². The summed E-state index contributed by atoms with van der Waals surface area (Å²) in [6, 6.07) is 0. The summed E-state index contributed by atoms with van der Waals surface area (Å²) in [7, 11) is 0. The molecule has 1 N–H and O–H groups in total. The number of ketones is 1. The smallest absolute Gasteiger partial charge is 0.161 e. The van der Waals surface area contributed by atoms with E-state index in [0.717, 1.165) is 19.3 Å². The first-order valence-electron chi connectivity index (χ1n) is 27.4. The lowest BCUT2D eigenvalue weighted by atomic mass is 10.00. The maximum absolute atomic E-state index is 12.4. The van der Waals surface area contributed by atoms with Crippen molar-refractivity contribution in [1.82, 2.24) is 0 Å². The van der Waals surface area contributed by atoms with E-state index in [-0.39, 0.29) is 5.78 Å². The third-order valence-corrected chi connectivity index (χ3v) is 13.2. The van der Waals surface area contributed by atoms with Gasteiger partial charge in [-0.3, -0.25) is 4.79 Å². The summed E-state index contributed by atoms with van der Waals surface area (Å²) in [5, 5.41) is 10.3. The average molecular weight is 803 g/mol. The number of carbonyl (C=O) groups excluding carboxylic acids is 1. The molecule has 0 aromatic heterocycles. The molecule has 0 saturated heterocycles. The number of aliphatic hydroxyl groups is 1. The fraction of sp³-hybridized carbons (Fsp3) is 0.982. The third-order valence-electron chi connectivity index (χ3n) is 13.2. The largest absolute Gasteiger partial charge is 0.385 e. The molecule has 0 amide bonds. The van der Waals surface area contributed by atoms with Gasteiger partial charge in [0.1, 0.15) is 6.10 Å². The van der Waals surface area contributed by atoms with E-state index >= 15 is 0 Å². The summed E-state index contributed by atoms with van der Waals surface area (Å²) in [6.07, 6.45) is 69.1. The van der Waals surface area contributed by atoms with Crippen LogP contribution in [-0.4, -0.2) is 17.0 Å². The summed E-state index contributed by atoms with van der Waals surface area (Å²) in [6.45, 7) is 4.61. The highest BCUT2D eigenvalue weighted by atomic mass is 16.3. The predicted octanol–water partition coefficient (Wildman–Crippen LogP) is 19.9. The van der Waals surface area contributed by atoms with Crippen molar-refractivity contribution < 1.29 is 9.90 Å². The number of unbranched alkanes of at least 4 members (excludes halogenated alkanes) is 47. The minimum atomic E-state index is -0.709. The lowest BCUT2D eigenvalue weighted by Crippen LogP contribution is -2.19. The van der Waals surface area contributed by atoms with Gasteiger partial charge in [0, 0.05) is 6.42 Å². The van der Waals surface area contributed by atoms with Gasteiger partial charge in [-0.15, -0.1) is 0 Å². The minimum Gasteiger partial charge on any atom is -0.385 e. The molecule has 0 heterocycles. The lowest BCUT2D eigenvalue weighted by molar-refractivity contribution is -0.127. The van der Waals surface area contributed by atoms with Crippen molar-refractivity contribution in [1.29, 1.82) is 0 Å². The Kier molecular flexibility index (Phi) is 51.4. The molecule has 1 unspecified atom stereocenters. The number of Topliss-reactive ketones (excluding diaryl/α,β-unsaturated/α-hetero) is 1. The van der Waals surface area contributed by atoms with Crippen LogP contribution in [0.15, 0.2) is 0 Å². The highest BCUT2D eigenvalue weighted by molar-refractivity contribution is 5.82. The van der Waals surface area contributed by atoms with Crippen LogP contribution in [-0.2, 0) is 4.79 Å². The van der Waals surface area contributed by atoms with Gasteiger partial charge in [-0.05, 0) is 12.8 Å². The number of hydrogen-bond donors (Lipinski definition) is 1. The van der Waals surface area contributed by atoms with E-state index in [1.54, 1.807) is 0 Å². The van der Waals surface area contributed by atoms with Crippen LogP contribution >= 0.6 is 0 Å². The van der Waals surface area contributed by atoms with E-state index in [0.29, 0.717) is 12.8 Å². The Morgan fingerprint density at radius 1 is 0.263 bits per heavy atom. The molecule has 0 saturated carbocycles. The topological polar surface area (TPSA) is 37.3 Å². The zero-order valence-electron chi connectivity index (χ0n) is 40.0. The summed E-state index contributed by atoms with van der Waals surface area (Å²) < 4.78 is 0. The number of carbonyl (C=O) groups is 1. The molecule has 0 aromatic carbocycles. The Labute approximate surface area is 361 Å². The zero-order valence-corrected chi connectivity index (χ0v) is 40.0. The monoisotopic (exact) mass is 803 g/mol. The Balaban J connectivity index is 3.23. The average Bonchev–Trinajstić information content (AvgIpc) is 3.22. The van der Waals surface area contributed by atoms with Crippen LogP contribution in [0, 0.1) is 0 Å². The molecule has 1 atom stereocenters.